The number of nitrogens with zero attached hydrogens (tertiary/aromatic N) is 2. The quantitative estimate of drug-likeness (QED) is 0.167. The van der Waals surface area contributed by atoms with Crippen LogP contribution in [0.2, 0.25) is 0 Å². The van der Waals surface area contributed by atoms with Crippen LogP contribution in [0, 0.1) is 0 Å². The van der Waals surface area contributed by atoms with Crippen molar-refractivity contribution in [3.8, 4) is 0 Å². The molecule has 2 N–H and O–H groups in total. The molecule has 41 heavy (non-hydrogen) atoms. The zero-order valence-electron chi connectivity index (χ0n) is 25.3. The first kappa shape index (κ1) is 37.5. The summed E-state index contributed by atoms with van der Waals surface area (Å²) in [6, 6.07) is 0. The molecule has 0 unspecified atom stereocenters. The standard InChI is InChI=1S/C24H48N4O11P2/c1-8-35-40(32,36-9-2)23(41(33,37-10-3)38-11-4)25-20(29)12-13-21(30)34-19-18-27-14-16-28(17-15-27)26-22(31)39-24(5,6)7/h23H,8-19H2,1-7H3,(H,25,29)(H,26,31). The molecule has 1 heterocycles. The van der Waals surface area contributed by atoms with Crippen LogP contribution < -0.4 is 10.7 Å². The third-order valence-corrected chi connectivity index (χ3v) is 11.0. The van der Waals surface area contributed by atoms with Gasteiger partial charge in [0.15, 0.2) is 0 Å². The average molecular weight is 631 g/mol. The van der Waals surface area contributed by atoms with Gasteiger partial charge in [0.05, 0.1) is 32.8 Å². The number of hydrazine groups is 1. The molecular weight excluding hydrogens is 582 g/mol. The van der Waals surface area contributed by atoms with Gasteiger partial charge in [0.25, 0.3) is 0 Å². The molecule has 1 aliphatic heterocycles. The van der Waals surface area contributed by atoms with Crippen molar-refractivity contribution >= 4 is 33.2 Å². The Balaban J connectivity index is 2.57. The van der Waals surface area contributed by atoms with Crippen LogP contribution in [0.25, 0.3) is 0 Å². The van der Waals surface area contributed by atoms with Gasteiger partial charge in [-0.3, -0.25) is 29.0 Å². The van der Waals surface area contributed by atoms with Crippen LogP contribution in [-0.2, 0) is 46.3 Å². The van der Waals surface area contributed by atoms with Crippen LogP contribution in [-0.4, -0.2) is 105 Å². The number of carbonyl (C=O) groups excluding carboxylic acids is 3. The number of piperazine rings is 1. The fourth-order valence-electron chi connectivity index (χ4n) is 3.71. The summed E-state index contributed by atoms with van der Waals surface area (Å²) in [5.41, 5.74) is 0.425. The number of rotatable bonds is 18. The van der Waals surface area contributed by atoms with Crippen LogP contribution in [0.15, 0.2) is 0 Å². The zero-order chi connectivity index (χ0) is 31.1. The van der Waals surface area contributed by atoms with Crippen molar-refractivity contribution in [3.05, 3.63) is 0 Å². The van der Waals surface area contributed by atoms with E-state index in [0.717, 1.165) is 0 Å². The maximum absolute atomic E-state index is 13.5. The smallest absolute Gasteiger partial charge is 0.422 e. The summed E-state index contributed by atoms with van der Waals surface area (Å²) in [6.45, 7) is 14.6. The number of carbonyl (C=O) groups is 3. The highest BCUT2D eigenvalue weighted by molar-refractivity contribution is 7.72. The third-order valence-electron chi connectivity index (χ3n) is 5.37. The Kier molecular flexibility index (Phi) is 16.6. The first-order valence-corrected chi connectivity index (χ1v) is 17.1. The summed E-state index contributed by atoms with van der Waals surface area (Å²) in [4.78, 5) is 39.0. The predicted molar refractivity (Wildman–Crippen MR) is 151 cm³/mol. The molecule has 0 aromatic heterocycles. The summed E-state index contributed by atoms with van der Waals surface area (Å²) in [6.07, 6.45) is -1.08. The van der Waals surface area contributed by atoms with Gasteiger partial charge in [-0.15, -0.1) is 0 Å². The molecular formula is C24H48N4O11P2. The van der Waals surface area contributed by atoms with Crippen LogP contribution in [0.1, 0.15) is 61.3 Å². The number of esters is 1. The van der Waals surface area contributed by atoms with Crippen molar-refractivity contribution in [2.24, 2.45) is 0 Å². The van der Waals surface area contributed by atoms with E-state index in [4.69, 9.17) is 27.6 Å². The summed E-state index contributed by atoms with van der Waals surface area (Å²) in [7, 11) is -8.33. The molecule has 1 aliphatic rings. The maximum atomic E-state index is 13.5. The number of hydrogen-bond donors (Lipinski definition) is 2. The number of ether oxygens (including phenoxy) is 2. The molecule has 0 aromatic carbocycles. The SMILES string of the molecule is CCOP(=O)(OCC)C(NC(=O)CCC(=O)OCCN1CCN(NC(=O)OC(C)(C)C)CC1)P(=O)(OCC)OCC. The Hall–Kier alpha value is -1.57. The first-order chi connectivity index (χ1) is 19.2. The molecule has 17 heteroatoms. The van der Waals surface area contributed by atoms with Gasteiger partial charge in [-0.25, -0.2) is 9.80 Å². The molecule has 1 rings (SSSR count). The van der Waals surface area contributed by atoms with Crippen LogP contribution in [0.3, 0.4) is 0 Å². The zero-order valence-corrected chi connectivity index (χ0v) is 27.1. The van der Waals surface area contributed by atoms with E-state index in [-0.39, 0.29) is 45.9 Å². The van der Waals surface area contributed by atoms with Gasteiger partial charge in [-0.05, 0) is 48.5 Å². The normalized spacial score (nSPS) is 15.5. The van der Waals surface area contributed by atoms with Gasteiger partial charge in [0.2, 0.25) is 11.4 Å². The van der Waals surface area contributed by atoms with Gasteiger partial charge in [0, 0.05) is 39.1 Å². The highest BCUT2D eigenvalue weighted by Crippen LogP contribution is 2.69. The molecule has 0 saturated carbocycles. The van der Waals surface area contributed by atoms with Gasteiger partial charge >= 0.3 is 27.3 Å². The van der Waals surface area contributed by atoms with Gasteiger partial charge in [-0.2, -0.15) is 0 Å². The maximum Gasteiger partial charge on any atom is 0.422 e. The van der Waals surface area contributed by atoms with Crippen molar-refractivity contribution in [1.29, 1.82) is 0 Å². The molecule has 240 valence electrons. The summed E-state index contributed by atoms with van der Waals surface area (Å²) in [5, 5.41) is 4.18. The van der Waals surface area contributed by atoms with Crippen molar-refractivity contribution in [3.63, 3.8) is 0 Å². The Morgan fingerprint density at radius 3 is 1.73 bits per heavy atom. The van der Waals surface area contributed by atoms with Crippen molar-refractivity contribution in [2.45, 2.75) is 72.4 Å². The molecule has 1 fully saturated rings. The Bertz CT molecular complexity index is 874. The fraction of sp³-hybridized carbons (Fsp3) is 0.875. The Morgan fingerprint density at radius 2 is 1.29 bits per heavy atom. The molecule has 0 radical (unpaired) electrons. The minimum atomic E-state index is -4.17. The lowest BCUT2D eigenvalue weighted by atomic mass is 10.2. The highest BCUT2D eigenvalue weighted by atomic mass is 31.2. The molecule has 0 aromatic rings. The van der Waals surface area contributed by atoms with E-state index in [2.05, 4.69) is 15.6 Å². The van der Waals surface area contributed by atoms with Crippen molar-refractivity contribution in [1.82, 2.24) is 20.7 Å². The van der Waals surface area contributed by atoms with Crippen LogP contribution in [0.4, 0.5) is 4.79 Å². The molecule has 0 aliphatic carbocycles. The molecule has 1 saturated heterocycles. The second-order valence-corrected chi connectivity index (χ2v) is 14.5. The first-order valence-electron chi connectivity index (χ1n) is 13.9. The number of amides is 2. The van der Waals surface area contributed by atoms with E-state index in [1.165, 1.54) is 0 Å². The minimum Gasteiger partial charge on any atom is -0.464 e. The number of nitrogens with one attached hydrogen (secondary N) is 2. The molecule has 15 nitrogen and oxygen atoms in total. The van der Waals surface area contributed by atoms with Crippen molar-refractivity contribution in [2.75, 3.05) is 65.8 Å². The van der Waals surface area contributed by atoms with Crippen LogP contribution in [0.5, 0.6) is 0 Å². The van der Waals surface area contributed by atoms with E-state index < -0.39 is 44.3 Å². The monoisotopic (exact) mass is 630 g/mol. The molecule has 0 atom stereocenters. The van der Waals surface area contributed by atoms with E-state index >= 15 is 0 Å². The topological polar surface area (TPSA) is 171 Å². The van der Waals surface area contributed by atoms with Crippen molar-refractivity contribution < 1.29 is 51.1 Å². The second-order valence-electron chi connectivity index (χ2n) is 9.85. The summed E-state index contributed by atoms with van der Waals surface area (Å²) < 4.78 is 58.7. The van der Waals surface area contributed by atoms with Gasteiger partial charge in [0.1, 0.15) is 12.2 Å². The average Bonchev–Trinajstić information content (AvgIpc) is 2.86. The predicted octanol–water partition coefficient (Wildman–Crippen LogP) is 3.30. The van der Waals surface area contributed by atoms with E-state index in [1.807, 2.05) is 0 Å². The van der Waals surface area contributed by atoms with E-state index in [1.54, 1.807) is 53.5 Å². The van der Waals surface area contributed by atoms with Gasteiger partial charge in [-0.1, -0.05) is 0 Å². The third kappa shape index (κ3) is 14.0. The minimum absolute atomic E-state index is 0.0382. The molecule has 0 bridgehead atoms. The lowest BCUT2D eigenvalue weighted by molar-refractivity contribution is -0.145. The molecule has 2 amide bonds. The second kappa shape index (κ2) is 18.2. The largest absolute Gasteiger partial charge is 0.464 e. The Labute approximate surface area is 243 Å². The lowest BCUT2D eigenvalue weighted by Gasteiger charge is -2.34. The summed E-state index contributed by atoms with van der Waals surface area (Å²) in [5.74, 6) is -1.32. The fourth-order valence-corrected chi connectivity index (χ4v) is 8.66. The lowest BCUT2D eigenvalue weighted by Crippen LogP contribution is -2.54. The number of hydrogen-bond acceptors (Lipinski definition) is 13. The Morgan fingerprint density at radius 1 is 0.805 bits per heavy atom. The van der Waals surface area contributed by atoms with Gasteiger partial charge < -0.3 is 32.9 Å². The molecule has 0 spiro atoms. The van der Waals surface area contributed by atoms with E-state index in [9.17, 15) is 23.5 Å². The van der Waals surface area contributed by atoms with Crippen LogP contribution >= 0.6 is 15.2 Å². The highest BCUT2D eigenvalue weighted by Gasteiger charge is 2.52. The summed E-state index contributed by atoms with van der Waals surface area (Å²) >= 11 is 0. The van der Waals surface area contributed by atoms with E-state index in [0.29, 0.717) is 32.7 Å².